The van der Waals surface area contributed by atoms with Gasteiger partial charge in [-0.2, -0.15) is 0 Å². The number of aromatic amines is 1. The van der Waals surface area contributed by atoms with Crippen molar-refractivity contribution >= 4 is 39.3 Å². The molecule has 2 aromatic carbocycles. The average molecular weight is 860 g/mol. The molecule has 0 bridgehead atoms. The number of nitrogens with one attached hydrogen (secondary N) is 2. The Bertz CT molecular complexity index is 2250. The lowest BCUT2D eigenvalue weighted by atomic mass is 9.47. The van der Waals surface area contributed by atoms with E-state index in [2.05, 4.69) is 38.3 Å². The fourth-order valence-electron chi connectivity index (χ4n) is 12.9. The Morgan fingerprint density at radius 2 is 1.79 bits per heavy atom. The minimum atomic E-state index is -2.27. The zero-order valence-corrected chi connectivity index (χ0v) is 37.7. The number of H-pyrrole nitrogens is 1. The molecule has 5 heterocycles. The van der Waals surface area contributed by atoms with E-state index >= 15 is 4.79 Å². The number of nitrogens with zero attached hydrogens (tertiary/aromatic N) is 3. The van der Waals surface area contributed by atoms with Crippen LogP contribution in [0.25, 0.3) is 10.9 Å². The highest BCUT2D eigenvalue weighted by molar-refractivity contribution is 7.84. The predicted molar refractivity (Wildman–Crippen MR) is 238 cm³/mol. The molecule has 14 heteroatoms. The van der Waals surface area contributed by atoms with Gasteiger partial charge in [-0.05, 0) is 88.2 Å². The van der Waals surface area contributed by atoms with Crippen LogP contribution in [0.3, 0.4) is 0 Å². The van der Waals surface area contributed by atoms with Crippen molar-refractivity contribution in [1.82, 2.24) is 20.1 Å². The van der Waals surface area contributed by atoms with E-state index in [1.54, 1.807) is 13.4 Å². The third kappa shape index (κ3) is 6.36. The number of benzene rings is 2. The van der Waals surface area contributed by atoms with Crippen LogP contribution in [0.5, 0.6) is 5.75 Å². The maximum atomic E-state index is 15.2. The van der Waals surface area contributed by atoms with Crippen LogP contribution in [0.1, 0.15) is 81.2 Å². The number of carbonyl (C=O) groups is 2. The predicted octanol–water partition coefficient (Wildman–Crippen LogP) is 3.52. The molecule has 1 saturated heterocycles. The maximum Gasteiger partial charge on any atom is 0.322 e. The SMILES string of the molecule is CC[C@]1(O)CCC[C@](C(=O)OC)(c2cc3c(cc2OC)N(C)[C@H]2[C@@](O)(C(=O)NCCCS(C)=O)[C@H](O)[C@]4(CC)C=CCN5CC[C@]32[C@@H]54)c2[nH]c3ccccc3c2CCN(C)C1. The van der Waals surface area contributed by atoms with Gasteiger partial charge in [-0.25, -0.2) is 0 Å². The number of rotatable bonds is 10. The molecular weight excluding hydrogens is 795 g/mol. The van der Waals surface area contributed by atoms with Crippen molar-refractivity contribution in [3.63, 3.8) is 0 Å². The number of aliphatic hydroxyl groups excluding tert-OH is 1. The van der Waals surface area contributed by atoms with E-state index in [9.17, 15) is 24.3 Å². The number of likely N-dealkylation sites (N-methyl/N-ethyl adjacent to an activating group) is 2. The summed E-state index contributed by atoms with van der Waals surface area (Å²) in [7, 11) is 5.89. The normalized spacial score (nSPS) is 34.2. The zero-order valence-electron chi connectivity index (χ0n) is 36.9. The Balaban J connectivity index is 1.40. The quantitative estimate of drug-likeness (QED) is 0.115. The van der Waals surface area contributed by atoms with Gasteiger partial charge in [-0.1, -0.05) is 44.2 Å². The molecule has 1 aliphatic carbocycles. The smallest absolute Gasteiger partial charge is 0.322 e. The molecule has 5 N–H and O–H groups in total. The summed E-state index contributed by atoms with van der Waals surface area (Å²) >= 11 is 0. The van der Waals surface area contributed by atoms with Crippen molar-refractivity contribution in [2.45, 2.75) is 105 Å². The third-order valence-corrected chi connectivity index (χ3v) is 16.5. The number of β-amino-alcohol motifs (C(OH)–C–C–N with tert-alkyl or cyclic N) is 1. The van der Waals surface area contributed by atoms with Gasteiger partial charge in [0.15, 0.2) is 5.60 Å². The molecule has 1 aromatic heterocycles. The number of hydrogen-bond acceptors (Lipinski definition) is 11. The number of ether oxygens (including phenoxy) is 2. The first kappa shape index (κ1) is 43.8. The molecule has 8 rings (SSSR count). The minimum Gasteiger partial charge on any atom is -0.496 e. The summed E-state index contributed by atoms with van der Waals surface area (Å²) in [6.45, 7) is 6.69. The van der Waals surface area contributed by atoms with Gasteiger partial charge in [-0.3, -0.25) is 18.7 Å². The van der Waals surface area contributed by atoms with Gasteiger partial charge >= 0.3 is 5.97 Å². The molecular formula is C47H65N5O8S. The highest BCUT2D eigenvalue weighted by Gasteiger charge is 2.78. The Hall–Kier alpha value is -3.79. The topological polar surface area (TPSA) is 168 Å². The van der Waals surface area contributed by atoms with Gasteiger partial charge < -0.3 is 44.9 Å². The molecule has 0 radical (unpaired) electrons. The van der Waals surface area contributed by atoms with E-state index < -0.39 is 62.3 Å². The van der Waals surface area contributed by atoms with Crippen LogP contribution >= 0.6 is 0 Å². The second-order valence-corrected chi connectivity index (χ2v) is 20.1. The first-order valence-corrected chi connectivity index (χ1v) is 23.8. The molecule has 9 atom stereocenters. The summed E-state index contributed by atoms with van der Waals surface area (Å²) in [5.74, 6) is -0.261. The number of anilines is 1. The number of esters is 1. The van der Waals surface area contributed by atoms with Crippen LogP contribution in [0, 0.1) is 5.41 Å². The number of aromatic nitrogens is 1. The summed E-state index contributed by atoms with van der Waals surface area (Å²) in [4.78, 5) is 40.2. The first-order valence-electron chi connectivity index (χ1n) is 22.1. The molecule has 1 saturated carbocycles. The van der Waals surface area contributed by atoms with Gasteiger partial charge in [-0.15, -0.1) is 0 Å². The van der Waals surface area contributed by atoms with Crippen molar-refractivity contribution in [1.29, 1.82) is 0 Å². The number of hydrogen-bond donors (Lipinski definition) is 5. The molecule has 1 unspecified atom stereocenters. The number of para-hydroxylation sites is 1. The molecule has 4 aliphatic heterocycles. The third-order valence-electron chi connectivity index (χ3n) is 15.6. The molecule has 61 heavy (non-hydrogen) atoms. The van der Waals surface area contributed by atoms with Gasteiger partial charge in [0.05, 0.1) is 25.9 Å². The lowest BCUT2D eigenvalue weighted by Gasteiger charge is -2.63. The second kappa shape index (κ2) is 16.1. The molecule has 5 aliphatic rings. The fourth-order valence-corrected chi connectivity index (χ4v) is 13.4. The lowest BCUT2D eigenvalue weighted by Crippen LogP contribution is -2.81. The number of carbonyl (C=O) groups excluding carboxylic acids is 2. The van der Waals surface area contributed by atoms with Crippen molar-refractivity contribution in [3.8, 4) is 5.75 Å². The summed E-state index contributed by atoms with van der Waals surface area (Å²) in [5, 5.41) is 41.9. The Morgan fingerprint density at radius 1 is 1.02 bits per heavy atom. The lowest BCUT2D eigenvalue weighted by molar-refractivity contribution is -0.203. The molecule has 3 aromatic rings. The first-order chi connectivity index (χ1) is 29.1. The molecule has 332 valence electrons. The number of aliphatic hydroxyl groups is 3. The average Bonchev–Trinajstić information content (AvgIpc) is 3.91. The number of fused-ring (bicyclic) bond motifs is 4. The molecule has 2 fully saturated rings. The van der Waals surface area contributed by atoms with Gasteiger partial charge in [0.2, 0.25) is 0 Å². The number of amides is 1. The van der Waals surface area contributed by atoms with E-state index in [0.29, 0.717) is 94.6 Å². The van der Waals surface area contributed by atoms with E-state index in [1.807, 2.05) is 63.2 Å². The summed E-state index contributed by atoms with van der Waals surface area (Å²) < 4.78 is 24.2. The van der Waals surface area contributed by atoms with Crippen LogP contribution < -0.4 is 15.0 Å². The molecule has 13 nitrogen and oxygen atoms in total. The largest absolute Gasteiger partial charge is 0.496 e. The van der Waals surface area contributed by atoms with Crippen LogP contribution in [0.2, 0.25) is 0 Å². The van der Waals surface area contributed by atoms with Gasteiger partial charge in [0.1, 0.15) is 17.3 Å². The van der Waals surface area contributed by atoms with E-state index in [1.165, 1.54) is 7.11 Å². The van der Waals surface area contributed by atoms with Crippen molar-refractivity contribution in [2.75, 3.05) is 77.9 Å². The highest BCUT2D eigenvalue weighted by Crippen LogP contribution is 2.67. The van der Waals surface area contributed by atoms with E-state index in [-0.39, 0.29) is 12.6 Å². The van der Waals surface area contributed by atoms with Crippen molar-refractivity contribution < 1.29 is 38.6 Å². The monoisotopic (exact) mass is 859 g/mol. The summed E-state index contributed by atoms with van der Waals surface area (Å²) in [6, 6.07) is 11.0. The van der Waals surface area contributed by atoms with Crippen molar-refractivity contribution in [3.05, 3.63) is 70.9 Å². The van der Waals surface area contributed by atoms with Crippen LogP contribution in [-0.2, 0) is 42.4 Å². The Labute approximate surface area is 362 Å². The standard InChI is InChI=1S/C47H65N5O8S/c1-8-43(56)18-12-20-45(42(55)60-6,37-31(17-24-50(3)29-43)30-15-10-11-16-34(30)49-37)33-27-32-35(28-36(33)59-5)51(4)39-46(32)21-25-52-23-13-19-44(9-2,38(46)52)40(53)47(39,57)41(54)48-22-14-26-61(7)58/h10-11,13,15-16,19,27-28,38-40,49,53,56-57H,8-9,12,14,17-18,20-26,29H2,1-7H3,(H,48,54)/t38-,39+,40+,43-,44+,45-,46+,47-,61?/m0/s1. The maximum absolute atomic E-state index is 15.2. The zero-order chi connectivity index (χ0) is 43.7. The van der Waals surface area contributed by atoms with Gasteiger partial charge in [0.25, 0.3) is 5.91 Å². The summed E-state index contributed by atoms with van der Waals surface area (Å²) in [5.41, 5.74) is -1.67. The minimum absolute atomic E-state index is 0.198. The molecule has 1 amide bonds. The highest BCUT2D eigenvalue weighted by atomic mass is 32.2. The van der Waals surface area contributed by atoms with Crippen LogP contribution in [0.4, 0.5) is 5.69 Å². The second-order valence-electron chi connectivity index (χ2n) is 18.6. The van der Waals surface area contributed by atoms with Crippen LogP contribution in [0.15, 0.2) is 48.6 Å². The number of methoxy groups -OCH3 is 2. The molecule has 1 spiro atoms. The van der Waals surface area contributed by atoms with Gasteiger partial charge in [0, 0.05) is 107 Å². The Kier molecular flexibility index (Phi) is 11.6. The van der Waals surface area contributed by atoms with E-state index in [0.717, 1.165) is 33.4 Å². The fraction of sp³-hybridized carbons (Fsp3) is 0.617. The van der Waals surface area contributed by atoms with Crippen LogP contribution in [-0.4, -0.2) is 149 Å². The summed E-state index contributed by atoms with van der Waals surface area (Å²) in [6.07, 6.45) is 8.18. The Morgan fingerprint density at radius 3 is 2.49 bits per heavy atom. The van der Waals surface area contributed by atoms with Crippen molar-refractivity contribution in [2.24, 2.45) is 5.41 Å². The van der Waals surface area contributed by atoms with E-state index in [4.69, 9.17) is 9.47 Å².